The van der Waals surface area contributed by atoms with Gasteiger partial charge < -0.3 is 29.3 Å². The smallest absolute Gasteiger partial charge is 0.336 e. The van der Waals surface area contributed by atoms with E-state index < -0.39 is 36.2 Å². The normalized spacial score (nSPS) is 22.7. The lowest BCUT2D eigenvalue weighted by Gasteiger charge is -2.20. The van der Waals surface area contributed by atoms with Crippen LogP contribution in [0.2, 0.25) is 0 Å². The number of hydrogen-bond donors (Lipinski definition) is 3. The van der Waals surface area contributed by atoms with Gasteiger partial charge in [0.25, 0.3) is 0 Å². The second kappa shape index (κ2) is 14.4. The highest BCUT2D eigenvalue weighted by atomic mass is 31.1. The topological polar surface area (TPSA) is 105 Å². The monoisotopic (exact) mass is 522 g/mol. The van der Waals surface area contributed by atoms with E-state index in [1.165, 1.54) is 0 Å². The number of carboxylic acids is 1. The van der Waals surface area contributed by atoms with E-state index in [-0.39, 0.29) is 5.92 Å². The van der Waals surface area contributed by atoms with Crippen LogP contribution in [0.4, 0.5) is 0 Å². The highest BCUT2D eigenvalue weighted by molar-refractivity contribution is 7.32. The van der Waals surface area contributed by atoms with Crippen molar-refractivity contribution in [3.8, 4) is 0 Å². The molecule has 0 radical (unpaired) electrons. The summed E-state index contributed by atoms with van der Waals surface area (Å²) in [5, 5.41) is 30.2. The lowest BCUT2D eigenvalue weighted by molar-refractivity contribution is -0.152. The van der Waals surface area contributed by atoms with Crippen molar-refractivity contribution in [2.45, 2.75) is 90.5 Å². The number of aryl methyl sites for hydroxylation is 2. The minimum Gasteiger partial charge on any atom is -0.478 e. The molecule has 0 bridgehead atoms. The van der Waals surface area contributed by atoms with Gasteiger partial charge >= 0.3 is 5.97 Å². The number of aromatic carboxylic acids is 1. The van der Waals surface area contributed by atoms with E-state index in [9.17, 15) is 20.1 Å². The van der Waals surface area contributed by atoms with E-state index in [4.69, 9.17) is 14.0 Å². The maximum atomic E-state index is 12.0. The van der Waals surface area contributed by atoms with Crippen LogP contribution < -0.4 is 0 Å². The highest BCUT2D eigenvalue weighted by Crippen LogP contribution is 2.33. The van der Waals surface area contributed by atoms with Crippen LogP contribution in [0.3, 0.4) is 0 Å². The van der Waals surface area contributed by atoms with Crippen LogP contribution in [-0.4, -0.2) is 64.8 Å². The van der Waals surface area contributed by atoms with Gasteiger partial charge in [0.2, 0.25) is 0 Å². The molecule has 2 unspecified atom stereocenters. The van der Waals surface area contributed by atoms with Gasteiger partial charge in [-0.3, -0.25) is 0 Å². The van der Waals surface area contributed by atoms with Gasteiger partial charge in [0.15, 0.2) is 5.79 Å². The van der Waals surface area contributed by atoms with E-state index in [1.54, 1.807) is 40.0 Å². The van der Waals surface area contributed by atoms with Crippen molar-refractivity contribution in [3.05, 3.63) is 52.6 Å². The maximum absolute atomic E-state index is 12.0. The van der Waals surface area contributed by atoms with E-state index in [1.807, 2.05) is 38.1 Å². The third kappa shape index (κ3) is 9.37. The minimum atomic E-state index is -0.952. The van der Waals surface area contributed by atoms with Crippen molar-refractivity contribution in [1.29, 1.82) is 0 Å². The van der Waals surface area contributed by atoms with E-state index in [0.29, 0.717) is 26.4 Å². The molecule has 202 valence electrons. The average Bonchev–Trinajstić information content (AvgIpc) is 3.10. The molecular formula is C28H43O7P. The van der Waals surface area contributed by atoms with Crippen molar-refractivity contribution in [3.63, 3.8) is 0 Å². The Hall–Kier alpha value is -1.60. The fourth-order valence-corrected chi connectivity index (χ4v) is 4.91. The van der Waals surface area contributed by atoms with Crippen LogP contribution in [0.1, 0.15) is 74.0 Å². The molecular weight excluding hydrogens is 479 g/mol. The van der Waals surface area contributed by atoms with Crippen molar-refractivity contribution >= 4 is 20.9 Å². The summed E-state index contributed by atoms with van der Waals surface area (Å²) < 4.78 is 17.1. The molecule has 7 nitrogen and oxygen atoms in total. The first-order chi connectivity index (χ1) is 16.9. The van der Waals surface area contributed by atoms with Gasteiger partial charge in [-0.25, -0.2) is 4.79 Å². The Kier molecular flexibility index (Phi) is 12.2. The Labute approximate surface area is 217 Å². The third-order valence-electron chi connectivity index (χ3n) is 6.37. The Balaban J connectivity index is 2.15. The Morgan fingerprint density at radius 1 is 1.19 bits per heavy atom. The van der Waals surface area contributed by atoms with E-state index in [2.05, 4.69) is 0 Å². The summed E-state index contributed by atoms with van der Waals surface area (Å²) in [7, 11) is 2.23. The van der Waals surface area contributed by atoms with Crippen LogP contribution in [-0.2, 0) is 20.4 Å². The molecule has 0 aromatic heterocycles. The zero-order valence-corrected chi connectivity index (χ0v) is 23.4. The van der Waals surface area contributed by atoms with Gasteiger partial charge in [-0.15, -0.1) is 0 Å². The summed E-state index contributed by atoms with van der Waals surface area (Å²) >= 11 is 0. The Bertz CT molecular complexity index is 909. The van der Waals surface area contributed by atoms with Crippen LogP contribution in [0.5, 0.6) is 0 Å². The quantitative estimate of drug-likeness (QED) is 0.177. The number of carboxylic acid groups (broad SMARTS) is 1. The first-order valence-electron chi connectivity index (χ1n) is 12.6. The SMILES string of the molecule is COPCCCCc1cc(C)c(C(=O)O)c(/C=C/C[C@@H]2OC(C)(C)O[C@@H]2C(O)/C=C\[C@@H](C)[C@H](C)O)c1. The third-order valence-corrected chi connectivity index (χ3v) is 7.22. The first kappa shape index (κ1) is 30.6. The van der Waals surface area contributed by atoms with Crippen LogP contribution >= 0.6 is 8.81 Å². The predicted molar refractivity (Wildman–Crippen MR) is 145 cm³/mol. The summed E-state index contributed by atoms with van der Waals surface area (Å²) in [4.78, 5) is 12.0. The molecule has 1 fully saturated rings. The number of aliphatic hydroxyl groups is 2. The maximum Gasteiger partial charge on any atom is 0.336 e. The van der Waals surface area contributed by atoms with E-state index >= 15 is 0 Å². The second-order valence-electron chi connectivity index (χ2n) is 9.99. The molecule has 0 amide bonds. The van der Waals surface area contributed by atoms with Gasteiger partial charge in [-0.1, -0.05) is 43.4 Å². The molecule has 0 aliphatic carbocycles. The molecule has 1 aliphatic rings. The summed E-state index contributed by atoms with van der Waals surface area (Å²) in [5.41, 5.74) is 2.82. The first-order valence-corrected chi connectivity index (χ1v) is 13.8. The molecule has 1 aliphatic heterocycles. The minimum absolute atomic E-state index is 0.0984. The van der Waals surface area contributed by atoms with E-state index in [0.717, 1.165) is 36.6 Å². The number of ether oxygens (including phenoxy) is 2. The largest absolute Gasteiger partial charge is 0.478 e. The summed E-state index contributed by atoms with van der Waals surface area (Å²) in [6.45, 7) is 9.03. The second-order valence-corrected chi connectivity index (χ2v) is 11.2. The number of benzene rings is 1. The van der Waals surface area contributed by atoms with Crippen LogP contribution in [0, 0.1) is 12.8 Å². The molecule has 36 heavy (non-hydrogen) atoms. The Morgan fingerprint density at radius 3 is 2.56 bits per heavy atom. The highest BCUT2D eigenvalue weighted by Gasteiger charge is 2.43. The average molecular weight is 523 g/mol. The summed E-state index contributed by atoms with van der Waals surface area (Å²) in [6, 6.07) is 3.91. The molecule has 2 rings (SSSR count). The van der Waals surface area contributed by atoms with Gasteiger partial charge in [0.1, 0.15) is 12.2 Å². The summed E-state index contributed by atoms with van der Waals surface area (Å²) in [6.07, 6.45) is 9.20. The molecule has 8 heteroatoms. The zero-order chi connectivity index (χ0) is 26.9. The number of unbranched alkanes of at least 4 members (excludes halogenated alkanes) is 1. The molecule has 0 saturated carbocycles. The molecule has 1 aromatic carbocycles. The van der Waals surface area contributed by atoms with Crippen molar-refractivity contribution in [2.75, 3.05) is 13.3 Å². The van der Waals surface area contributed by atoms with Gasteiger partial charge in [-0.2, -0.15) is 0 Å². The molecule has 1 aromatic rings. The number of carbonyl (C=O) groups is 1. The zero-order valence-electron chi connectivity index (χ0n) is 22.4. The van der Waals surface area contributed by atoms with Crippen LogP contribution in [0.15, 0.2) is 30.4 Å². The predicted octanol–water partition coefficient (Wildman–Crippen LogP) is 5.11. The molecule has 1 saturated heterocycles. The van der Waals surface area contributed by atoms with Gasteiger partial charge in [0.05, 0.1) is 17.8 Å². The summed E-state index contributed by atoms with van der Waals surface area (Å²) in [5.74, 6) is -1.90. The van der Waals surface area contributed by atoms with Crippen molar-refractivity contribution < 1.29 is 34.1 Å². The van der Waals surface area contributed by atoms with Gasteiger partial charge in [0, 0.05) is 15.9 Å². The van der Waals surface area contributed by atoms with Crippen molar-refractivity contribution in [1.82, 2.24) is 0 Å². The fraction of sp³-hybridized carbons (Fsp3) is 0.607. The Morgan fingerprint density at radius 2 is 1.92 bits per heavy atom. The van der Waals surface area contributed by atoms with Crippen molar-refractivity contribution in [2.24, 2.45) is 5.92 Å². The van der Waals surface area contributed by atoms with Gasteiger partial charge in [-0.05, 0) is 82.1 Å². The molecule has 3 N–H and O–H groups in total. The molecule has 1 heterocycles. The fourth-order valence-electron chi connectivity index (χ4n) is 4.31. The standard InChI is InChI=1S/C28H43O7P/c1-18(20(3)29)13-14-23(30)26-24(34-28(4,5)35-26)12-9-11-22-17-21(10-7-8-15-36-33-6)16-19(2)25(22)27(31)32/h9,11,13-14,16-18,20,23-24,26,29-30,36H,7-8,10,12,15H2,1-6H3,(H,31,32)/b11-9+,14-13-/t18-,20+,23?,24+,26-/m1/s1. The lowest BCUT2D eigenvalue weighted by Crippen LogP contribution is -2.34. The number of rotatable bonds is 14. The van der Waals surface area contributed by atoms with Crippen LogP contribution in [0.25, 0.3) is 6.08 Å². The number of aliphatic hydroxyl groups excluding tert-OH is 2. The lowest BCUT2D eigenvalue weighted by atomic mass is 9.95. The number of hydrogen-bond acceptors (Lipinski definition) is 6. The molecule has 0 spiro atoms. The molecule has 6 atom stereocenters.